The third kappa shape index (κ3) is 3.09. The molecular weight excluding hydrogens is 282 g/mol. The fourth-order valence-corrected chi connectivity index (χ4v) is 3.74. The lowest BCUT2D eigenvalue weighted by Crippen LogP contribution is -2.50. The lowest BCUT2D eigenvalue weighted by atomic mass is 10.0. The van der Waals surface area contributed by atoms with Gasteiger partial charge in [-0.1, -0.05) is 0 Å². The Kier molecular flexibility index (Phi) is 4.81. The molecular formula is C13H20ClN3OS. The van der Waals surface area contributed by atoms with E-state index in [0.29, 0.717) is 6.54 Å². The number of nitrogens with one attached hydrogen (secondary N) is 1. The van der Waals surface area contributed by atoms with E-state index in [1.807, 2.05) is 11.9 Å². The van der Waals surface area contributed by atoms with Crippen LogP contribution in [0.15, 0.2) is 0 Å². The van der Waals surface area contributed by atoms with Crippen molar-refractivity contribution in [2.75, 3.05) is 20.1 Å². The number of hydrogen-bond acceptors (Lipinski definition) is 4. The highest BCUT2D eigenvalue weighted by Gasteiger charge is 2.28. The molecule has 1 aromatic rings. The molecule has 19 heavy (non-hydrogen) atoms. The van der Waals surface area contributed by atoms with Crippen LogP contribution in [-0.4, -0.2) is 35.9 Å². The van der Waals surface area contributed by atoms with Crippen LogP contribution in [0.1, 0.15) is 28.4 Å². The molecule has 3 rings (SSSR count). The molecule has 1 fully saturated rings. The van der Waals surface area contributed by atoms with Crippen molar-refractivity contribution in [3.63, 3.8) is 0 Å². The standard InChI is InChI=1S/C13H19N3OS.ClH/c1-16(13(17)9-6-14-7-9)8-12-15-10-4-2-3-5-11(10)18-12;/h9,14H,2-8H2,1H3;1H. The number of carbonyl (C=O) groups excluding carboxylic acids is 1. The molecule has 4 nitrogen and oxygen atoms in total. The van der Waals surface area contributed by atoms with Gasteiger partial charge in [0.05, 0.1) is 18.2 Å². The van der Waals surface area contributed by atoms with Gasteiger partial charge in [0.1, 0.15) is 5.01 Å². The van der Waals surface area contributed by atoms with Crippen LogP contribution in [0.5, 0.6) is 0 Å². The summed E-state index contributed by atoms with van der Waals surface area (Å²) in [6.07, 6.45) is 4.85. The maximum Gasteiger partial charge on any atom is 0.228 e. The Bertz CT molecular complexity index is 435. The average molecular weight is 302 g/mol. The number of aromatic nitrogens is 1. The molecule has 106 valence electrons. The van der Waals surface area contributed by atoms with Gasteiger partial charge in [0.25, 0.3) is 0 Å². The topological polar surface area (TPSA) is 45.2 Å². The minimum absolute atomic E-state index is 0. The monoisotopic (exact) mass is 301 g/mol. The van der Waals surface area contributed by atoms with Gasteiger partial charge in [-0.2, -0.15) is 0 Å². The van der Waals surface area contributed by atoms with E-state index in [1.54, 1.807) is 11.3 Å². The van der Waals surface area contributed by atoms with Crippen LogP contribution in [-0.2, 0) is 24.2 Å². The first-order valence-corrected chi connectivity index (χ1v) is 7.49. The van der Waals surface area contributed by atoms with Crippen LogP contribution in [0.4, 0.5) is 0 Å². The zero-order valence-corrected chi connectivity index (χ0v) is 12.8. The summed E-state index contributed by atoms with van der Waals surface area (Å²) in [5.41, 5.74) is 1.28. The van der Waals surface area contributed by atoms with Crippen molar-refractivity contribution in [3.8, 4) is 0 Å². The quantitative estimate of drug-likeness (QED) is 0.923. The van der Waals surface area contributed by atoms with E-state index in [1.165, 1.54) is 29.8 Å². The van der Waals surface area contributed by atoms with Crippen molar-refractivity contribution >= 4 is 29.7 Å². The second kappa shape index (κ2) is 6.20. The average Bonchev–Trinajstić information content (AvgIpc) is 2.68. The molecule has 1 N–H and O–H groups in total. The molecule has 0 unspecified atom stereocenters. The molecule has 0 spiro atoms. The van der Waals surface area contributed by atoms with E-state index in [-0.39, 0.29) is 24.2 Å². The second-order valence-electron chi connectivity index (χ2n) is 5.23. The zero-order chi connectivity index (χ0) is 12.5. The smallest absolute Gasteiger partial charge is 0.228 e. The summed E-state index contributed by atoms with van der Waals surface area (Å²) in [5.74, 6) is 0.437. The maximum absolute atomic E-state index is 12.0. The third-order valence-electron chi connectivity index (χ3n) is 3.77. The van der Waals surface area contributed by atoms with Gasteiger partial charge in [0.2, 0.25) is 5.91 Å². The van der Waals surface area contributed by atoms with E-state index in [9.17, 15) is 4.79 Å². The Morgan fingerprint density at radius 1 is 1.42 bits per heavy atom. The van der Waals surface area contributed by atoms with Crippen LogP contribution < -0.4 is 5.32 Å². The lowest BCUT2D eigenvalue weighted by molar-refractivity contribution is -0.136. The second-order valence-corrected chi connectivity index (χ2v) is 6.40. The molecule has 0 aromatic carbocycles. The van der Waals surface area contributed by atoms with Gasteiger partial charge in [-0.05, 0) is 25.7 Å². The number of carbonyl (C=O) groups is 1. The SMILES string of the molecule is CN(Cc1nc2c(s1)CCCC2)C(=O)C1CNC1.Cl. The number of hydrogen-bond donors (Lipinski definition) is 1. The Hall–Kier alpha value is -0.650. The largest absolute Gasteiger partial charge is 0.339 e. The Morgan fingerprint density at radius 2 is 2.16 bits per heavy atom. The van der Waals surface area contributed by atoms with Crippen LogP contribution in [0.2, 0.25) is 0 Å². The Morgan fingerprint density at radius 3 is 2.79 bits per heavy atom. The molecule has 1 saturated heterocycles. The minimum atomic E-state index is 0. The van der Waals surface area contributed by atoms with E-state index in [2.05, 4.69) is 10.3 Å². The number of halogens is 1. The van der Waals surface area contributed by atoms with E-state index in [4.69, 9.17) is 0 Å². The predicted molar refractivity (Wildman–Crippen MR) is 78.8 cm³/mol. The van der Waals surface area contributed by atoms with E-state index < -0.39 is 0 Å². The zero-order valence-electron chi connectivity index (χ0n) is 11.1. The molecule has 0 radical (unpaired) electrons. The number of nitrogens with zero attached hydrogens (tertiary/aromatic N) is 2. The Labute approximate surface area is 124 Å². The molecule has 6 heteroatoms. The van der Waals surface area contributed by atoms with Crippen molar-refractivity contribution in [3.05, 3.63) is 15.6 Å². The lowest BCUT2D eigenvalue weighted by Gasteiger charge is -2.29. The third-order valence-corrected chi connectivity index (χ3v) is 4.91. The van der Waals surface area contributed by atoms with Crippen molar-refractivity contribution in [1.82, 2.24) is 15.2 Å². The van der Waals surface area contributed by atoms with Gasteiger partial charge < -0.3 is 10.2 Å². The van der Waals surface area contributed by atoms with E-state index in [0.717, 1.165) is 24.5 Å². The first-order chi connectivity index (χ1) is 8.74. The van der Waals surface area contributed by atoms with Crippen molar-refractivity contribution < 1.29 is 4.79 Å². The summed E-state index contributed by atoms with van der Waals surface area (Å²) in [6, 6.07) is 0. The van der Waals surface area contributed by atoms with Crippen molar-refractivity contribution in [2.45, 2.75) is 32.2 Å². The minimum Gasteiger partial charge on any atom is -0.339 e. The first-order valence-electron chi connectivity index (χ1n) is 6.67. The molecule has 0 bridgehead atoms. The van der Waals surface area contributed by atoms with Crippen molar-refractivity contribution in [1.29, 1.82) is 0 Å². The molecule has 1 amide bonds. The van der Waals surface area contributed by atoms with Gasteiger partial charge in [0.15, 0.2) is 0 Å². The highest BCUT2D eigenvalue weighted by Crippen LogP contribution is 2.27. The molecule has 1 aromatic heterocycles. The van der Waals surface area contributed by atoms with Crippen LogP contribution in [0.25, 0.3) is 0 Å². The molecule has 2 aliphatic rings. The summed E-state index contributed by atoms with van der Waals surface area (Å²) in [4.78, 5) is 20.0. The van der Waals surface area contributed by atoms with E-state index >= 15 is 0 Å². The summed E-state index contributed by atoms with van der Waals surface area (Å²) in [5, 5.41) is 4.24. The molecule has 0 saturated carbocycles. The summed E-state index contributed by atoms with van der Waals surface area (Å²) in [6.45, 7) is 2.34. The van der Waals surface area contributed by atoms with Crippen LogP contribution in [0, 0.1) is 5.92 Å². The number of fused-ring (bicyclic) bond motifs is 1. The molecule has 1 aliphatic carbocycles. The highest BCUT2D eigenvalue weighted by atomic mass is 35.5. The fraction of sp³-hybridized carbons (Fsp3) is 0.692. The Balaban J connectivity index is 0.00000133. The van der Waals surface area contributed by atoms with Gasteiger partial charge in [0, 0.05) is 25.0 Å². The van der Waals surface area contributed by atoms with Gasteiger partial charge in [-0.3, -0.25) is 4.79 Å². The summed E-state index contributed by atoms with van der Waals surface area (Å²) in [7, 11) is 1.89. The number of rotatable bonds is 3. The van der Waals surface area contributed by atoms with Gasteiger partial charge in [-0.25, -0.2) is 4.98 Å². The molecule has 2 heterocycles. The van der Waals surface area contributed by atoms with Gasteiger partial charge >= 0.3 is 0 Å². The maximum atomic E-state index is 12.0. The highest BCUT2D eigenvalue weighted by molar-refractivity contribution is 7.11. The first kappa shape index (κ1) is 14.8. The molecule has 1 aliphatic heterocycles. The number of aryl methyl sites for hydroxylation is 2. The van der Waals surface area contributed by atoms with Gasteiger partial charge in [-0.15, -0.1) is 23.7 Å². The number of thiazole rings is 1. The molecule has 0 atom stereocenters. The van der Waals surface area contributed by atoms with Crippen LogP contribution >= 0.6 is 23.7 Å². The predicted octanol–water partition coefficient (Wildman–Crippen LogP) is 1.62. The normalized spacial score (nSPS) is 18.2. The van der Waals surface area contributed by atoms with Crippen molar-refractivity contribution in [2.24, 2.45) is 5.92 Å². The number of amides is 1. The fourth-order valence-electron chi connectivity index (χ4n) is 2.53. The summed E-state index contributed by atoms with van der Waals surface area (Å²) >= 11 is 1.80. The summed E-state index contributed by atoms with van der Waals surface area (Å²) < 4.78 is 0. The van der Waals surface area contributed by atoms with Crippen LogP contribution in [0.3, 0.4) is 0 Å².